The maximum Gasteiger partial charge on any atom is 0.128 e. The minimum absolute atomic E-state index is 0.740. The first kappa shape index (κ1) is 9.06. The third kappa shape index (κ3) is 1.35. The van der Waals surface area contributed by atoms with Gasteiger partial charge in [0.05, 0.1) is 12.8 Å². The number of nitrogens with zero attached hydrogens (tertiary/aromatic N) is 1. The van der Waals surface area contributed by atoms with Crippen molar-refractivity contribution in [2.75, 3.05) is 7.11 Å². The van der Waals surface area contributed by atoms with Gasteiger partial charge in [-0.25, -0.2) is 0 Å². The van der Waals surface area contributed by atoms with Crippen LogP contribution in [-0.2, 0) is 6.42 Å². The fourth-order valence-electron chi connectivity index (χ4n) is 1.95. The highest BCUT2D eigenvalue weighted by Gasteiger charge is 2.19. The second-order valence-electron chi connectivity index (χ2n) is 3.39. The average molecular weight is 191 g/mol. The van der Waals surface area contributed by atoms with Crippen molar-refractivity contribution in [2.24, 2.45) is 5.16 Å². The molecule has 1 aliphatic carbocycles. The molecule has 14 heavy (non-hydrogen) atoms. The summed E-state index contributed by atoms with van der Waals surface area (Å²) in [5.74, 6) is 0.801. The molecule has 0 heterocycles. The highest BCUT2D eigenvalue weighted by Crippen LogP contribution is 2.29. The lowest BCUT2D eigenvalue weighted by atomic mass is 9.89. The molecule has 0 fully saturated rings. The first-order chi connectivity index (χ1) is 6.86. The minimum atomic E-state index is 0.740. The summed E-state index contributed by atoms with van der Waals surface area (Å²) < 4.78 is 5.25. The van der Waals surface area contributed by atoms with Crippen molar-refractivity contribution >= 4 is 5.71 Å². The van der Waals surface area contributed by atoms with E-state index in [1.54, 1.807) is 7.11 Å². The topological polar surface area (TPSA) is 41.8 Å². The molecule has 2 rings (SSSR count). The normalized spacial score (nSPS) is 17.9. The molecule has 1 aliphatic rings. The zero-order valence-corrected chi connectivity index (χ0v) is 8.16. The smallest absolute Gasteiger partial charge is 0.128 e. The summed E-state index contributed by atoms with van der Waals surface area (Å²) in [6.45, 7) is 0. The third-order valence-electron chi connectivity index (χ3n) is 2.60. The maximum absolute atomic E-state index is 8.89. The monoisotopic (exact) mass is 191 g/mol. The van der Waals surface area contributed by atoms with Crippen LogP contribution in [0.2, 0.25) is 0 Å². The van der Waals surface area contributed by atoms with Crippen LogP contribution in [0.3, 0.4) is 0 Å². The third-order valence-corrected chi connectivity index (χ3v) is 2.60. The minimum Gasteiger partial charge on any atom is -0.496 e. The van der Waals surface area contributed by atoms with E-state index in [4.69, 9.17) is 9.94 Å². The highest BCUT2D eigenvalue weighted by atomic mass is 16.5. The molecule has 1 N–H and O–H groups in total. The number of fused-ring (bicyclic) bond motifs is 1. The van der Waals surface area contributed by atoms with Crippen molar-refractivity contribution in [2.45, 2.75) is 19.3 Å². The fraction of sp³-hybridized carbons (Fsp3) is 0.364. The summed E-state index contributed by atoms with van der Waals surface area (Å²) in [7, 11) is 1.64. The maximum atomic E-state index is 8.89. The number of hydrogen-bond acceptors (Lipinski definition) is 3. The van der Waals surface area contributed by atoms with Crippen molar-refractivity contribution in [3.63, 3.8) is 0 Å². The van der Waals surface area contributed by atoms with Gasteiger partial charge in [-0.2, -0.15) is 0 Å². The van der Waals surface area contributed by atoms with Crippen molar-refractivity contribution in [1.29, 1.82) is 0 Å². The van der Waals surface area contributed by atoms with E-state index in [1.807, 2.05) is 12.1 Å². The molecule has 0 bridgehead atoms. The molecule has 74 valence electrons. The quantitative estimate of drug-likeness (QED) is 0.546. The van der Waals surface area contributed by atoms with E-state index in [2.05, 4.69) is 11.2 Å². The summed E-state index contributed by atoms with van der Waals surface area (Å²) in [5, 5.41) is 12.2. The molecular weight excluding hydrogens is 178 g/mol. The zero-order valence-electron chi connectivity index (χ0n) is 8.16. The lowest BCUT2D eigenvalue weighted by Crippen LogP contribution is -2.13. The van der Waals surface area contributed by atoms with Crippen molar-refractivity contribution in [3.05, 3.63) is 29.3 Å². The molecule has 0 aliphatic heterocycles. The molecule has 0 radical (unpaired) electrons. The summed E-state index contributed by atoms with van der Waals surface area (Å²) in [5.41, 5.74) is 2.93. The fourth-order valence-corrected chi connectivity index (χ4v) is 1.95. The number of aryl methyl sites for hydroxylation is 1. The van der Waals surface area contributed by atoms with E-state index < -0.39 is 0 Å². The van der Waals surface area contributed by atoms with Gasteiger partial charge in [0.15, 0.2) is 0 Å². The largest absolute Gasteiger partial charge is 0.496 e. The Bertz CT molecular complexity index is 357. The van der Waals surface area contributed by atoms with E-state index in [1.165, 1.54) is 5.56 Å². The summed E-state index contributed by atoms with van der Waals surface area (Å²) in [4.78, 5) is 0. The van der Waals surface area contributed by atoms with Gasteiger partial charge in [-0.3, -0.25) is 0 Å². The molecule has 0 saturated heterocycles. The molecular formula is C11H13NO2. The summed E-state index contributed by atoms with van der Waals surface area (Å²) in [6.07, 6.45) is 2.90. The Labute approximate surface area is 83.0 Å². The van der Waals surface area contributed by atoms with Gasteiger partial charge in [-0.05, 0) is 30.9 Å². The lowest BCUT2D eigenvalue weighted by molar-refractivity contribution is 0.317. The van der Waals surface area contributed by atoms with Gasteiger partial charge in [0.2, 0.25) is 0 Å². The Balaban J connectivity index is 2.58. The summed E-state index contributed by atoms with van der Waals surface area (Å²) in [6, 6.07) is 5.93. The summed E-state index contributed by atoms with van der Waals surface area (Å²) >= 11 is 0. The van der Waals surface area contributed by atoms with Crippen LogP contribution in [0.5, 0.6) is 5.75 Å². The number of ether oxygens (including phenoxy) is 1. The van der Waals surface area contributed by atoms with E-state index in [9.17, 15) is 0 Å². The van der Waals surface area contributed by atoms with Gasteiger partial charge in [-0.1, -0.05) is 17.3 Å². The van der Waals surface area contributed by atoms with Crippen molar-refractivity contribution in [3.8, 4) is 5.75 Å². The van der Waals surface area contributed by atoms with Crippen LogP contribution in [-0.4, -0.2) is 18.0 Å². The van der Waals surface area contributed by atoms with Crippen LogP contribution < -0.4 is 4.74 Å². The molecule has 0 atom stereocenters. The molecule has 0 unspecified atom stereocenters. The Morgan fingerprint density at radius 3 is 2.93 bits per heavy atom. The first-order valence-corrected chi connectivity index (χ1v) is 4.74. The molecule has 0 spiro atoms. The van der Waals surface area contributed by atoms with Crippen molar-refractivity contribution in [1.82, 2.24) is 0 Å². The lowest BCUT2D eigenvalue weighted by Gasteiger charge is -2.19. The number of rotatable bonds is 1. The standard InChI is InChI=1S/C11H13NO2/c1-14-10-7-3-5-8-4-2-6-9(12-13)11(8)10/h3,5,7,13H,2,4,6H2,1H3. The van der Waals surface area contributed by atoms with Crippen LogP contribution in [0.4, 0.5) is 0 Å². The van der Waals surface area contributed by atoms with Crippen LogP contribution >= 0.6 is 0 Å². The van der Waals surface area contributed by atoms with Crippen LogP contribution in [0, 0.1) is 0 Å². The van der Waals surface area contributed by atoms with Gasteiger partial charge < -0.3 is 9.94 Å². The highest BCUT2D eigenvalue weighted by molar-refractivity contribution is 6.04. The molecule has 0 saturated carbocycles. The van der Waals surface area contributed by atoms with E-state index in [-0.39, 0.29) is 0 Å². The second-order valence-corrected chi connectivity index (χ2v) is 3.39. The molecule has 1 aromatic carbocycles. The number of oxime groups is 1. The van der Waals surface area contributed by atoms with Crippen LogP contribution in [0.15, 0.2) is 23.4 Å². The molecule has 0 aromatic heterocycles. The number of hydrogen-bond donors (Lipinski definition) is 1. The number of methoxy groups -OCH3 is 1. The number of benzene rings is 1. The van der Waals surface area contributed by atoms with Gasteiger partial charge in [0.25, 0.3) is 0 Å². The van der Waals surface area contributed by atoms with Gasteiger partial charge in [0, 0.05) is 5.56 Å². The molecule has 1 aromatic rings. The van der Waals surface area contributed by atoms with Crippen LogP contribution in [0.1, 0.15) is 24.0 Å². The first-order valence-electron chi connectivity index (χ1n) is 4.74. The molecule has 3 heteroatoms. The molecule has 3 nitrogen and oxygen atoms in total. The predicted molar refractivity (Wildman–Crippen MR) is 54.3 cm³/mol. The van der Waals surface area contributed by atoms with Gasteiger partial charge >= 0.3 is 0 Å². The molecule has 0 amide bonds. The van der Waals surface area contributed by atoms with Crippen LogP contribution in [0.25, 0.3) is 0 Å². The van der Waals surface area contributed by atoms with E-state index in [0.29, 0.717) is 0 Å². The van der Waals surface area contributed by atoms with Gasteiger partial charge in [0.1, 0.15) is 5.75 Å². The Hall–Kier alpha value is -1.51. The van der Waals surface area contributed by atoms with E-state index in [0.717, 1.165) is 36.3 Å². The second kappa shape index (κ2) is 3.70. The Morgan fingerprint density at radius 1 is 1.36 bits per heavy atom. The van der Waals surface area contributed by atoms with E-state index >= 15 is 0 Å². The Kier molecular flexibility index (Phi) is 2.39. The van der Waals surface area contributed by atoms with Crippen molar-refractivity contribution < 1.29 is 9.94 Å². The SMILES string of the molecule is COc1cccc2c1C(=NO)CCC2. The Morgan fingerprint density at radius 2 is 2.21 bits per heavy atom. The van der Waals surface area contributed by atoms with Gasteiger partial charge in [-0.15, -0.1) is 0 Å². The zero-order chi connectivity index (χ0) is 9.97. The average Bonchev–Trinajstić information content (AvgIpc) is 2.27. The predicted octanol–water partition coefficient (Wildman–Crippen LogP) is 2.21.